The second kappa shape index (κ2) is 10.0. The largest absolute Gasteiger partial charge is 0.465 e. The Balaban J connectivity index is 1.44. The Hall–Kier alpha value is -2.69. The van der Waals surface area contributed by atoms with Crippen molar-refractivity contribution >= 4 is 11.9 Å². The molecule has 3 rings (SSSR count). The van der Waals surface area contributed by atoms with E-state index in [4.69, 9.17) is 4.74 Å². The Morgan fingerprint density at radius 3 is 2.82 bits per heavy atom. The minimum absolute atomic E-state index is 0.245. The minimum atomic E-state index is -0.296. The molecule has 148 valence electrons. The summed E-state index contributed by atoms with van der Waals surface area (Å²) >= 11 is 0. The Morgan fingerprint density at radius 2 is 2.04 bits per heavy atom. The molecule has 0 N–H and O–H groups in total. The van der Waals surface area contributed by atoms with Crippen LogP contribution in [0.15, 0.2) is 48.8 Å². The Bertz CT molecular complexity index is 791. The second-order valence-electron chi connectivity index (χ2n) is 7.42. The van der Waals surface area contributed by atoms with E-state index in [9.17, 15) is 9.59 Å². The van der Waals surface area contributed by atoms with E-state index in [0.717, 1.165) is 50.8 Å². The first kappa shape index (κ1) is 20.1. The van der Waals surface area contributed by atoms with Gasteiger partial charge in [-0.05, 0) is 61.3 Å². The van der Waals surface area contributed by atoms with E-state index in [0.29, 0.717) is 17.9 Å². The van der Waals surface area contributed by atoms with Crippen LogP contribution in [0.3, 0.4) is 0 Å². The summed E-state index contributed by atoms with van der Waals surface area (Å²) in [5.41, 5.74) is 2.86. The number of esters is 1. The van der Waals surface area contributed by atoms with Crippen molar-refractivity contribution in [1.82, 2.24) is 9.88 Å². The summed E-state index contributed by atoms with van der Waals surface area (Å²) in [4.78, 5) is 30.6. The van der Waals surface area contributed by atoms with Gasteiger partial charge in [-0.3, -0.25) is 9.78 Å². The van der Waals surface area contributed by atoms with Gasteiger partial charge in [-0.2, -0.15) is 0 Å². The van der Waals surface area contributed by atoms with Crippen LogP contribution >= 0.6 is 0 Å². The van der Waals surface area contributed by atoms with E-state index in [2.05, 4.69) is 11.1 Å². The van der Waals surface area contributed by atoms with E-state index in [1.807, 2.05) is 35.4 Å². The van der Waals surface area contributed by atoms with Gasteiger partial charge in [0.1, 0.15) is 0 Å². The number of likely N-dealkylation sites (tertiary alicyclic amines) is 1. The number of carbonyl (C=O) groups excluding carboxylic acids is 2. The zero-order valence-electron chi connectivity index (χ0n) is 16.5. The number of hydrogen-bond acceptors (Lipinski definition) is 4. The van der Waals surface area contributed by atoms with Gasteiger partial charge < -0.3 is 9.64 Å². The summed E-state index contributed by atoms with van der Waals surface area (Å²) < 4.78 is 4.88. The summed E-state index contributed by atoms with van der Waals surface area (Å²) in [6.07, 6.45) is 8.92. The van der Waals surface area contributed by atoms with Crippen LogP contribution in [0.25, 0.3) is 0 Å². The van der Waals surface area contributed by atoms with Crippen LogP contribution in [0.4, 0.5) is 0 Å². The standard InChI is InChI=1S/C23H28N2O3/c1-28-23(27)21-10-4-3-9-20(21)15-19-12-14-25(17-19)22(26)11-5-2-7-18-8-6-13-24-16-18/h3-4,6,8-10,13,16,19H,2,5,7,11-12,14-15,17H2,1H3. The normalized spacial score (nSPS) is 16.2. The first-order valence-electron chi connectivity index (χ1n) is 10.00. The predicted octanol–water partition coefficient (Wildman–Crippen LogP) is 3.67. The molecule has 5 heteroatoms. The van der Waals surface area contributed by atoms with Crippen molar-refractivity contribution < 1.29 is 14.3 Å². The zero-order chi connectivity index (χ0) is 19.8. The average molecular weight is 380 g/mol. The minimum Gasteiger partial charge on any atom is -0.465 e. The molecule has 1 aromatic heterocycles. The lowest BCUT2D eigenvalue weighted by Crippen LogP contribution is -2.28. The third-order valence-electron chi connectivity index (χ3n) is 5.40. The molecular formula is C23H28N2O3. The number of benzene rings is 1. The monoisotopic (exact) mass is 380 g/mol. The fraction of sp³-hybridized carbons (Fsp3) is 0.435. The topological polar surface area (TPSA) is 59.5 Å². The molecule has 0 bridgehead atoms. The molecule has 1 saturated heterocycles. The lowest BCUT2D eigenvalue weighted by atomic mass is 9.95. The fourth-order valence-corrected chi connectivity index (χ4v) is 3.85. The summed E-state index contributed by atoms with van der Waals surface area (Å²) in [6.45, 7) is 1.59. The number of aryl methyl sites for hydroxylation is 1. The van der Waals surface area contributed by atoms with Crippen molar-refractivity contribution in [2.45, 2.75) is 38.5 Å². The smallest absolute Gasteiger partial charge is 0.338 e. The van der Waals surface area contributed by atoms with Crippen LogP contribution in [0, 0.1) is 5.92 Å². The van der Waals surface area contributed by atoms with Crippen molar-refractivity contribution in [1.29, 1.82) is 0 Å². The van der Waals surface area contributed by atoms with Crippen LogP contribution in [-0.4, -0.2) is 42.0 Å². The molecule has 28 heavy (non-hydrogen) atoms. The summed E-state index contributed by atoms with van der Waals surface area (Å²) in [5, 5.41) is 0. The second-order valence-corrected chi connectivity index (χ2v) is 7.42. The van der Waals surface area contributed by atoms with Gasteiger partial charge >= 0.3 is 5.97 Å². The first-order valence-corrected chi connectivity index (χ1v) is 10.00. The molecule has 0 spiro atoms. The van der Waals surface area contributed by atoms with Gasteiger partial charge in [0.05, 0.1) is 12.7 Å². The molecule has 2 aromatic rings. The molecule has 1 aliphatic heterocycles. The lowest BCUT2D eigenvalue weighted by Gasteiger charge is -2.17. The number of amides is 1. The lowest BCUT2D eigenvalue weighted by molar-refractivity contribution is -0.130. The maximum Gasteiger partial charge on any atom is 0.338 e. The third kappa shape index (κ3) is 5.41. The quantitative estimate of drug-likeness (QED) is 0.518. The number of nitrogens with zero attached hydrogens (tertiary/aromatic N) is 2. The van der Waals surface area contributed by atoms with Crippen molar-refractivity contribution in [2.75, 3.05) is 20.2 Å². The highest BCUT2D eigenvalue weighted by Crippen LogP contribution is 2.24. The molecule has 0 radical (unpaired) electrons. The predicted molar refractivity (Wildman–Crippen MR) is 108 cm³/mol. The van der Waals surface area contributed by atoms with Gasteiger partial charge in [0.2, 0.25) is 5.91 Å². The molecule has 1 unspecified atom stereocenters. The highest BCUT2D eigenvalue weighted by Gasteiger charge is 2.27. The van der Waals surface area contributed by atoms with Crippen molar-refractivity contribution in [2.24, 2.45) is 5.92 Å². The Morgan fingerprint density at radius 1 is 1.18 bits per heavy atom. The number of unbranched alkanes of at least 4 members (excludes halogenated alkanes) is 1. The number of methoxy groups -OCH3 is 1. The molecular weight excluding hydrogens is 352 g/mol. The number of carbonyl (C=O) groups is 2. The third-order valence-corrected chi connectivity index (χ3v) is 5.40. The number of ether oxygens (including phenoxy) is 1. The van der Waals surface area contributed by atoms with Gasteiger partial charge in [-0.15, -0.1) is 0 Å². The highest BCUT2D eigenvalue weighted by molar-refractivity contribution is 5.91. The molecule has 2 heterocycles. The molecule has 5 nitrogen and oxygen atoms in total. The number of rotatable bonds is 8. The van der Waals surface area contributed by atoms with Crippen LogP contribution in [0.1, 0.15) is 47.2 Å². The maximum atomic E-state index is 12.5. The van der Waals surface area contributed by atoms with Crippen LogP contribution < -0.4 is 0 Å². The van der Waals surface area contributed by atoms with Crippen molar-refractivity contribution in [3.8, 4) is 0 Å². The molecule has 0 saturated carbocycles. The SMILES string of the molecule is COC(=O)c1ccccc1CC1CCN(C(=O)CCCCc2cccnc2)C1. The zero-order valence-corrected chi connectivity index (χ0v) is 16.5. The molecule has 1 amide bonds. The van der Waals surface area contributed by atoms with Gasteiger partial charge in [0, 0.05) is 31.9 Å². The number of hydrogen-bond donors (Lipinski definition) is 0. The highest BCUT2D eigenvalue weighted by atomic mass is 16.5. The van der Waals surface area contributed by atoms with Gasteiger partial charge in [-0.25, -0.2) is 4.79 Å². The molecule has 1 aliphatic rings. The number of pyridine rings is 1. The van der Waals surface area contributed by atoms with Gasteiger partial charge in [0.15, 0.2) is 0 Å². The summed E-state index contributed by atoms with van der Waals surface area (Å²) in [5.74, 6) is 0.343. The van der Waals surface area contributed by atoms with Crippen molar-refractivity contribution in [3.05, 3.63) is 65.5 Å². The summed E-state index contributed by atoms with van der Waals surface area (Å²) in [6, 6.07) is 11.6. The first-order chi connectivity index (χ1) is 13.7. The summed E-state index contributed by atoms with van der Waals surface area (Å²) in [7, 11) is 1.41. The van der Waals surface area contributed by atoms with E-state index < -0.39 is 0 Å². The van der Waals surface area contributed by atoms with E-state index in [-0.39, 0.29) is 11.9 Å². The number of aromatic nitrogens is 1. The fourth-order valence-electron chi connectivity index (χ4n) is 3.85. The molecule has 1 aromatic carbocycles. The maximum absolute atomic E-state index is 12.5. The van der Waals surface area contributed by atoms with Crippen LogP contribution in [0.5, 0.6) is 0 Å². The molecule has 0 aliphatic carbocycles. The van der Waals surface area contributed by atoms with Crippen LogP contribution in [0.2, 0.25) is 0 Å². The van der Waals surface area contributed by atoms with E-state index in [1.165, 1.54) is 12.7 Å². The molecule has 1 atom stereocenters. The molecule has 1 fully saturated rings. The van der Waals surface area contributed by atoms with Gasteiger partial charge in [-0.1, -0.05) is 24.3 Å². The van der Waals surface area contributed by atoms with Crippen LogP contribution in [-0.2, 0) is 22.4 Å². The average Bonchev–Trinajstić information content (AvgIpc) is 3.20. The Kier molecular flexibility index (Phi) is 7.18. The Labute approximate surface area is 166 Å². The van der Waals surface area contributed by atoms with Crippen molar-refractivity contribution in [3.63, 3.8) is 0 Å². The van der Waals surface area contributed by atoms with Gasteiger partial charge in [0.25, 0.3) is 0 Å². The van der Waals surface area contributed by atoms with E-state index in [1.54, 1.807) is 12.3 Å². The van der Waals surface area contributed by atoms with E-state index >= 15 is 0 Å².